The van der Waals surface area contributed by atoms with Crippen molar-refractivity contribution in [2.45, 2.75) is 39.5 Å². The highest BCUT2D eigenvalue weighted by atomic mass is 19.4. The van der Waals surface area contributed by atoms with E-state index < -0.39 is 11.7 Å². The van der Waals surface area contributed by atoms with Gasteiger partial charge in [-0.05, 0) is 48.7 Å². The Balaban J connectivity index is 1.49. The van der Waals surface area contributed by atoms with E-state index in [1.54, 1.807) is 13.3 Å². The van der Waals surface area contributed by atoms with Crippen molar-refractivity contribution in [2.75, 3.05) is 13.7 Å². The molecule has 0 atom stereocenters. The first-order valence-corrected chi connectivity index (χ1v) is 10.1. The Labute approximate surface area is 179 Å². The van der Waals surface area contributed by atoms with Gasteiger partial charge in [0.1, 0.15) is 5.75 Å². The number of halogens is 3. The summed E-state index contributed by atoms with van der Waals surface area (Å²) in [6.07, 6.45) is -1.77. The van der Waals surface area contributed by atoms with Crippen LogP contribution < -0.4 is 4.74 Å². The smallest absolute Gasteiger partial charge is 0.416 e. The van der Waals surface area contributed by atoms with Crippen molar-refractivity contribution in [1.82, 2.24) is 14.9 Å². The van der Waals surface area contributed by atoms with Gasteiger partial charge in [-0.3, -0.25) is 4.90 Å². The fourth-order valence-electron chi connectivity index (χ4n) is 3.94. The van der Waals surface area contributed by atoms with Gasteiger partial charge in [-0.15, -0.1) is 0 Å². The number of fused-ring (bicyclic) bond motifs is 1. The van der Waals surface area contributed by atoms with Gasteiger partial charge in [0.15, 0.2) is 5.82 Å². The standard InChI is InChI=1S/C24H24F3N3O/c1-15-16(2)22(31-3)9-6-18(15)13-30-11-10-21-19(14-30)12-28-23(29-21)17-4-7-20(8-5-17)24(25,26)27/h4-9,12H,10-11,13-14H2,1-3H3. The Kier molecular flexibility index (Phi) is 5.71. The lowest BCUT2D eigenvalue weighted by Gasteiger charge is -2.29. The number of aromatic nitrogens is 2. The maximum absolute atomic E-state index is 12.8. The zero-order chi connectivity index (χ0) is 22.2. The van der Waals surface area contributed by atoms with E-state index in [-0.39, 0.29) is 0 Å². The van der Waals surface area contributed by atoms with Crippen LogP contribution in [0.4, 0.5) is 13.2 Å². The number of hydrogen-bond donors (Lipinski definition) is 0. The molecular weight excluding hydrogens is 403 g/mol. The summed E-state index contributed by atoms with van der Waals surface area (Å²) in [5.41, 5.74) is 5.59. The van der Waals surface area contributed by atoms with Crippen LogP contribution in [-0.2, 0) is 25.7 Å². The van der Waals surface area contributed by atoms with Crippen LogP contribution in [0.3, 0.4) is 0 Å². The molecule has 0 unspecified atom stereocenters. The average molecular weight is 427 g/mol. The van der Waals surface area contributed by atoms with Crippen LogP contribution in [0.5, 0.6) is 5.75 Å². The highest BCUT2D eigenvalue weighted by molar-refractivity contribution is 5.56. The van der Waals surface area contributed by atoms with Gasteiger partial charge in [0.2, 0.25) is 0 Å². The molecule has 0 N–H and O–H groups in total. The van der Waals surface area contributed by atoms with Crippen LogP contribution in [0.25, 0.3) is 11.4 Å². The molecule has 2 heterocycles. The van der Waals surface area contributed by atoms with E-state index in [2.05, 4.69) is 34.8 Å². The Morgan fingerprint density at radius 3 is 2.45 bits per heavy atom. The van der Waals surface area contributed by atoms with Crippen LogP contribution in [0, 0.1) is 13.8 Å². The van der Waals surface area contributed by atoms with E-state index in [1.807, 2.05) is 6.07 Å². The maximum Gasteiger partial charge on any atom is 0.416 e. The van der Waals surface area contributed by atoms with Crippen molar-refractivity contribution in [3.05, 3.63) is 76.1 Å². The second-order valence-corrected chi connectivity index (χ2v) is 7.88. The fraction of sp³-hybridized carbons (Fsp3) is 0.333. The molecule has 31 heavy (non-hydrogen) atoms. The molecular formula is C24H24F3N3O. The van der Waals surface area contributed by atoms with Gasteiger partial charge < -0.3 is 4.74 Å². The van der Waals surface area contributed by atoms with Crippen LogP contribution in [0.15, 0.2) is 42.6 Å². The van der Waals surface area contributed by atoms with Gasteiger partial charge in [0.05, 0.1) is 18.4 Å². The van der Waals surface area contributed by atoms with Gasteiger partial charge in [-0.25, -0.2) is 9.97 Å². The highest BCUT2D eigenvalue weighted by Gasteiger charge is 2.30. The second kappa shape index (κ2) is 8.30. The molecule has 0 fully saturated rings. The van der Waals surface area contributed by atoms with Crippen LogP contribution in [0.1, 0.15) is 33.5 Å². The first kappa shape index (κ1) is 21.3. The fourth-order valence-corrected chi connectivity index (χ4v) is 3.94. The van der Waals surface area contributed by atoms with E-state index in [0.717, 1.165) is 60.8 Å². The Morgan fingerprint density at radius 2 is 1.77 bits per heavy atom. The molecule has 1 aromatic heterocycles. The van der Waals surface area contributed by atoms with Crippen molar-refractivity contribution in [3.8, 4) is 17.1 Å². The molecule has 3 aromatic rings. The summed E-state index contributed by atoms with van der Waals surface area (Å²) in [4.78, 5) is 11.4. The predicted molar refractivity (Wildman–Crippen MR) is 113 cm³/mol. The number of benzene rings is 2. The normalized spacial score (nSPS) is 14.4. The molecule has 4 rings (SSSR count). The van der Waals surface area contributed by atoms with Crippen LogP contribution in [0.2, 0.25) is 0 Å². The van der Waals surface area contributed by atoms with Crippen molar-refractivity contribution in [2.24, 2.45) is 0 Å². The number of hydrogen-bond acceptors (Lipinski definition) is 4. The SMILES string of the molecule is COc1ccc(CN2CCc3nc(-c4ccc(C(F)(F)F)cc4)ncc3C2)c(C)c1C. The third-order valence-electron chi connectivity index (χ3n) is 5.95. The van der Waals surface area contributed by atoms with Crippen molar-refractivity contribution in [1.29, 1.82) is 0 Å². The first-order valence-electron chi connectivity index (χ1n) is 10.1. The molecule has 0 spiro atoms. The van der Waals surface area contributed by atoms with Crippen LogP contribution >= 0.6 is 0 Å². The number of rotatable bonds is 4. The number of nitrogens with zero attached hydrogens (tertiary/aromatic N) is 3. The molecule has 0 amide bonds. The minimum atomic E-state index is -4.35. The van der Waals surface area contributed by atoms with Crippen molar-refractivity contribution in [3.63, 3.8) is 0 Å². The van der Waals surface area contributed by atoms with E-state index in [1.165, 1.54) is 23.3 Å². The van der Waals surface area contributed by atoms with Crippen LogP contribution in [-0.4, -0.2) is 28.5 Å². The lowest BCUT2D eigenvalue weighted by molar-refractivity contribution is -0.137. The summed E-state index contributed by atoms with van der Waals surface area (Å²) >= 11 is 0. The lowest BCUT2D eigenvalue weighted by atomic mass is 10.0. The number of alkyl halides is 3. The Bertz CT molecular complexity index is 1090. The molecule has 0 saturated heterocycles. The summed E-state index contributed by atoms with van der Waals surface area (Å²) in [7, 11) is 1.68. The minimum Gasteiger partial charge on any atom is -0.496 e. The Morgan fingerprint density at radius 1 is 1.03 bits per heavy atom. The zero-order valence-electron chi connectivity index (χ0n) is 17.8. The summed E-state index contributed by atoms with van der Waals surface area (Å²) in [5, 5.41) is 0. The van der Waals surface area contributed by atoms with E-state index in [4.69, 9.17) is 4.74 Å². The lowest BCUT2D eigenvalue weighted by Crippen LogP contribution is -2.31. The van der Waals surface area contributed by atoms with Gasteiger partial charge in [0, 0.05) is 43.4 Å². The topological polar surface area (TPSA) is 38.2 Å². The van der Waals surface area contributed by atoms with E-state index >= 15 is 0 Å². The molecule has 0 bridgehead atoms. The average Bonchev–Trinajstić information content (AvgIpc) is 2.76. The first-order chi connectivity index (χ1) is 14.8. The zero-order valence-corrected chi connectivity index (χ0v) is 17.8. The predicted octanol–water partition coefficient (Wildman–Crippen LogP) is 5.35. The molecule has 1 aliphatic heterocycles. The molecule has 4 nitrogen and oxygen atoms in total. The molecule has 0 radical (unpaired) electrons. The second-order valence-electron chi connectivity index (χ2n) is 7.88. The largest absolute Gasteiger partial charge is 0.496 e. The van der Waals surface area contributed by atoms with Gasteiger partial charge in [0.25, 0.3) is 0 Å². The summed E-state index contributed by atoms with van der Waals surface area (Å²) in [5.74, 6) is 1.36. The molecule has 162 valence electrons. The van der Waals surface area contributed by atoms with Crippen molar-refractivity contribution >= 4 is 0 Å². The number of methoxy groups -OCH3 is 1. The molecule has 0 aliphatic carbocycles. The summed E-state index contributed by atoms with van der Waals surface area (Å²) in [6, 6.07) is 9.11. The molecule has 0 saturated carbocycles. The van der Waals surface area contributed by atoms with Gasteiger partial charge >= 0.3 is 6.18 Å². The molecule has 1 aliphatic rings. The third-order valence-corrected chi connectivity index (χ3v) is 5.95. The third kappa shape index (κ3) is 4.42. The highest BCUT2D eigenvalue weighted by Crippen LogP contribution is 2.31. The summed E-state index contributed by atoms with van der Waals surface area (Å²) in [6.45, 7) is 6.62. The maximum atomic E-state index is 12.8. The van der Waals surface area contributed by atoms with E-state index in [9.17, 15) is 13.2 Å². The molecule has 2 aromatic carbocycles. The summed E-state index contributed by atoms with van der Waals surface area (Å²) < 4.78 is 43.8. The van der Waals surface area contributed by atoms with Gasteiger partial charge in [-0.1, -0.05) is 18.2 Å². The minimum absolute atomic E-state index is 0.461. The van der Waals surface area contributed by atoms with Crippen molar-refractivity contribution < 1.29 is 17.9 Å². The van der Waals surface area contributed by atoms with E-state index in [0.29, 0.717) is 11.4 Å². The number of ether oxygens (including phenoxy) is 1. The molecule has 7 heteroatoms. The van der Waals surface area contributed by atoms with Gasteiger partial charge in [-0.2, -0.15) is 13.2 Å². The monoisotopic (exact) mass is 427 g/mol. The Hall–Kier alpha value is -2.93. The quantitative estimate of drug-likeness (QED) is 0.563.